The molecule has 0 unspecified atom stereocenters. The third kappa shape index (κ3) is 5.03. The lowest BCUT2D eigenvalue weighted by atomic mass is 9.98. The van der Waals surface area contributed by atoms with Gasteiger partial charge in [0.15, 0.2) is 0 Å². The molecule has 0 atom stereocenters. The van der Waals surface area contributed by atoms with Crippen LogP contribution in [0, 0.1) is 0 Å². The average molecular weight is 264 g/mol. The molecule has 1 saturated carbocycles. The van der Waals surface area contributed by atoms with Gasteiger partial charge < -0.3 is 15.4 Å². The van der Waals surface area contributed by atoms with Crippen LogP contribution in [0.15, 0.2) is 12.4 Å². The van der Waals surface area contributed by atoms with E-state index in [4.69, 9.17) is 4.74 Å². The first-order chi connectivity index (χ1) is 9.38. The molecule has 0 amide bonds. The molecule has 0 bridgehead atoms. The van der Waals surface area contributed by atoms with Crippen LogP contribution in [-0.4, -0.2) is 35.8 Å². The number of hydrogen-bond acceptors (Lipinski definition) is 5. The highest BCUT2D eigenvalue weighted by molar-refractivity contribution is 5.46. The Bertz CT molecular complexity index is 366. The molecular weight excluding hydrogens is 240 g/mol. The first kappa shape index (κ1) is 14.1. The molecule has 0 radical (unpaired) electrons. The highest BCUT2D eigenvalue weighted by Gasteiger charge is 2.12. The zero-order chi connectivity index (χ0) is 13.3. The third-order valence-electron chi connectivity index (χ3n) is 3.34. The third-order valence-corrected chi connectivity index (χ3v) is 3.34. The van der Waals surface area contributed by atoms with E-state index in [1.54, 1.807) is 6.33 Å². The Morgan fingerprint density at radius 2 is 1.89 bits per heavy atom. The van der Waals surface area contributed by atoms with E-state index >= 15 is 0 Å². The molecule has 1 fully saturated rings. The van der Waals surface area contributed by atoms with Crippen molar-refractivity contribution in [1.29, 1.82) is 0 Å². The van der Waals surface area contributed by atoms with Crippen molar-refractivity contribution in [3.63, 3.8) is 0 Å². The van der Waals surface area contributed by atoms with Crippen molar-refractivity contribution in [2.24, 2.45) is 0 Å². The van der Waals surface area contributed by atoms with Gasteiger partial charge in [-0.3, -0.25) is 0 Å². The molecule has 19 heavy (non-hydrogen) atoms. The molecule has 1 aromatic heterocycles. The molecule has 1 aromatic rings. The predicted octanol–water partition coefficient (Wildman–Crippen LogP) is 2.67. The maximum absolute atomic E-state index is 5.86. The second kappa shape index (κ2) is 7.94. The zero-order valence-corrected chi connectivity index (χ0v) is 11.7. The Morgan fingerprint density at radius 3 is 2.63 bits per heavy atom. The molecule has 1 aliphatic rings. The smallest absolute Gasteiger partial charge is 0.131 e. The van der Waals surface area contributed by atoms with Crippen LogP contribution in [0.3, 0.4) is 0 Å². The molecule has 0 aliphatic heterocycles. The van der Waals surface area contributed by atoms with Gasteiger partial charge in [0.05, 0.1) is 12.7 Å². The second-order valence-corrected chi connectivity index (χ2v) is 4.88. The van der Waals surface area contributed by atoms with E-state index in [1.807, 2.05) is 13.0 Å². The van der Waals surface area contributed by atoms with Crippen molar-refractivity contribution in [1.82, 2.24) is 9.97 Å². The molecule has 1 aliphatic carbocycles. The monoisotopic (exact) mass is 264 g/mol. The van der Waals surface area contributed by atoms with Crippen LogP contribution in [-0.2, 0) is 4.74 Å². The van der Waals surface area contributed by atoms with E-state index in [0.29, 0.717) is 6.10 Å². The van der Waals surface area contributed by atoms with Gasteiger partial charge in [-0.1, -0.05) is 19.3 Å². The van der Waals surface area contributed by atoms with Crippen LogP contribution in [0.1, 0.15) is 39.0 Å². The van der Waals surface area contributed by atoms with E-state index in [0.717, 1.165) is 31.3 Å². The second-order valence-electron chi connectivity index (χ2n) is 4.88. The molecule has 106 valence electrons. The minimum absolute atomic E-state index is 0.471. The van der Waals surface area contributed by atoms with Crippen molar-refractivity contribution in [2.45, 2.75) is 45.1 Å². The molecule has 5 heteroatoms. The average Bonchev–Trinajstić information content (AvgIpc) is 2.46. The van der Waals surface area contributed by atoms with Gasteiger partial charge in [0.2, 0.25) is 0 Å². The predicted molar refractivity (Wildman–Crippen MR) is 77.5 cm³/mol. The summed E-state index contributed by atoms with van der Waals surface area (Å²) in [5, 5.41) is 6.43. The highest BCUT2D eigenvalue weighted by Crippen LogP contribution is 2.20. The fraction of sp³-hybridized carbons (Fsp3) is 0.714. The van der Waals surface area contributed by atoms with Gasteiger partial charge in [-0.25, -0.2) is 9.97 Å². The van der Waals surface area contributed by atoms with Gasteiger partial charge >= 0.3 is 0 Å². The van der Waals surface area contributed by atoms with Crippen molar-refractivity contribution in [2.75, 3.05) is 30.3 Å². The summed E-state index contributed by atoms with van der Waals surface area (Å²) in [6.07, 6.45) is 8.48. The van der Waals surface area contributed by atoms with Gasteiger partial charge in [0.1, 0.15) is 18.0 Å². The van der Waals surface area contributed by atoms with E-state index in [-0.39, 0.29) is 0 Å². The quantitative estimate of drug-likeness (QED) is 0.741. The molecule has 0 saturated heterocycles. The van der Waals surface area contributed by atoms with E-state index in [9.17, 15) is 0 Å². The summed E-state index contributed by atoms with van der Waals surface area (Å²) in [4.78, 5) is 8.33. The van der Waals surface area contributed by atoms with Gasteiger partial charge in [0.25, 0.3) is 0 Å². The van der Waals surface area contributed by atoms with Gasteiger partial charge in [-0.2, -0.15) is 0 Å². The Balaban J connectivity index is 1.65. The number of hydrogen-bond donors (Lipinski definition) is 2. The summed E-state index contributed by atoms with van der Waals surface area (Å²) in [7, 11) is 0. The summed E-state index contributed by atoms with van der Waals surface area (Å²) >= 11 is 0. The van der Waals surface area contributed by atoms with Crippen LogP contribution in [0.4, 0.5) is 11.6 Å². The van der Waals surface area contributed by atoms with Crippen molar-refractivity contribution in [3.8, 4) is 0 Å². The number of aromatic nitrogens is 2. The maximum Gasteiger partial charge on any atom is 0.131 e. The number of ether oxygens (including phenoxy) is 1. The Labute approximate surface area is 115 Å². The van der Waals surface area contributed by atoms with Gasteiger partial charge in [-0.15, -0.1) is 0 Å². The summed E-state index contributed by atoms with van der Waals surface area (Å²) in [6, 6.07) is 1.92. The molecule has 0 spiro atoms. The number of nitrogens with zero attached hydrogens (tertiary/aromatic N) is 2. The lowest BCUT2D eigenvalue weighted by Gasteiger charge is -2.22. The number of nitrogens with one attached hydrogen (secondary N) is 2. The lowest BCUT2D eigenvalue weighted by Crippen LogP contribution is -2.20. The molecular formula is C14H24N4O. The Morgan fingerprint density at radius 1 is 1.16 bits per heavy atom. The largest absolute Gasteiger partial charge is 0.376 e. The van der Waals surface area contributed by atoms with E-state index in [1.165, 1.54) is 32.1 Å². The molecule has 2 N–H and O–H groups in total. The van der Waals surface area contributed by atoms with Crippen molar-refractivity contribution >= 4 is 11.6 Å². The van der Waals surface area contributed by atoms with Gasteiger partial charge in [-0.05, 0) is 19.8 Å². The van der Waals surface area contributed by atoms with Crippen LogP contribution in [0.2, 0.25) is 0 Å². The van der Waals surface area contributed by atoms with Crippen LogP contribution in [0.25, 0.3) is 0 Å². The normalized spacial score (nSPS) is 16.3. The summed E-state index contributed by atoms with van der Waals surface area (Å²) < 4.78 is 5.86. The van der Waals surface area contributed by atoms with Crippen molar-refractivity contribution in [3.05, 3.63) is 12.4 Å². The summed E-state index contributed by atoms with van der Waals surface area (Å²) in [5.74, 6) is 1.70. The zero-order valence-electron chi connectivity index (χ0n) is 11.7. The molecule has 1 heterocycles. The molecule has 0 aromatic carbocycles. The fourth-order valence-electron chi connectivity index (χ4n) is 2.37. The van der Waals surface area contributed by atoms with E-state index < -0.39 is 0 Å². The summed E-state index contributed by atoms with van der Waals surface area (Å²) in [5.41, 5.74) is 0. The van der Waals surface area contributed by atoms with Crippen LogP contribution < -0.4 is 10.6 Å². The van der Waals surface area contributed by atoms with Crippen LogP contribution in [0.5, 0.6) is 0 Å². The lowest BCUT2D eigenvalue weighted by molar-refractivity contribution is 0.0347. The fourth-order valence-corrected chi connectivity index (χ4v) is 2.37. The molecule has 5 nitrogen and oxygen atoms in total. The number of anilines is 2. The standard InChI is InChI=1S/C14H24N4O/c1-2-15-13-10-14(18-11-17-13)16-8-9-19-12-6-4-3-5-7-12/h10-12H,2-9H2,1H3,(H2,15,16,17,18). The van der Waals surface area contributed by atoms with Crippen LogP contribution >= 0.6 is 0 Å². The highest BCUT2D eigenvalue weighted by atomic mass is 16.5. The Kier molecular flexibility index (Phi) is 5.88. The topological polar surface area (TPSA) is 59.1 Å². The van der Waals surface area contributed by atoms with E-state index in [2.05, 4.69) is 20.6 Å². The summed E-state index contributed by atoms with van der Waals surface area (Å²) in [6.45, 7) is 4.44. The van der Waals surface area contributed by atoms with Crippen molar-refractivity contribution < 1.29 is 4.74 Å². The molecule has 2 rings (SSSR count). The minimum Gasteiger partial charge on any atom is -0.376 e. The minimum atomic E-state index is 0.471. The number of rotatable bonds is 7. The SMILES string of the molecule is CCNc1cc(NCCOC2CCCCC2)ncn1. The first-order valence-electron chi connectivity index (χ1n) is 7.30. The Hall–Kier alpha value is -1.36. The van der Waals surface area contributed by atoms with Gasteiger partial charge in [0, 0.05) is 19.2 Å². The first-order valence-corrected chi connectivity index (χ1v) is 7.30. The maximum atomic E-state index is 5.86.